The third-order valence-corrected chi connectivity index (χ3v) is 2.93. The molecular weight excluding hydrogens is 186 g/mol. The lowest BCUT2D eigenvalue weighted by Crippen LogP contribution is -2.27. The first-order chi connectivity index (χ1) is 7.29. The third-order valence-electron chi connectivity index (χ3n) is 2.93. The van der Waals surface area contributed by atoms with Crippen molar-refractivity contribution in [3.05, 3.63) is 12.2 Å². The van der Waals surface area contributed by atoms with E-state index in [0.717, 1.165) is 24.6 Å². The maximum absolute atomic E-state index is 5.42. The summed E-state index contributed by atoms with van der Waals surface area (Å²) >= 11 is 0. The van der Waals surface area contributed by atoms with Crippen LogP contribution in [0.4, 0.5) is 0 Å². The van der Waals surface area contributed by atoms with E-state index in [9.17, 15) is 0 Å². The summed E-state index contributed by atoms with van der Waals surface area (Å²) in [5, 5.41) is 3.47. The van der Waals surface area contributed by atoms with Crippen LogP contribution in [0.1, 0.15) is 39.0 Å². The van der Waals surface area contributed by atoms with E-state index in [-0.39, 0.29) is 0 Å². The van der Waals surface area contributed by atoms with E-state index in [0.29, 0.717) is 6.61 Å². The van der Waals surface area contributed by atoms with Gasteiger partial charge in [0, 0.05) is 6.54 Å². The molecule has 0 radical (unpaired) electrons. The van der Waals surface area contributed by atoms with E-state index < -0.39 is 0 Å². The van der Waals surface area contributed by atoms with Crippen LogP contribution in [0, 0.1) is 5.92 Å². The molecule has 0 unspecified atom stereocenters. The monoisotopic (exact) mass is 211 g/mol. The van der Waals surface area contributed by atoms with Gasteiger partial charge in [0.1, 0.15) is 0 Å². The summed E-state index contributed by atoms with van der Waals surface area (Å²) in [5.41, 5.74) is 1.10. The van der Waals surface area contributed by atoms with Crippen LogP contribution in [0.5, 0.6) is 0 Å². The van der Waals surface area contributed by atoms with Gasteiger partial charge in [0.2, 0.25) is 0 Å². The van der Waals surface area contributed by atoms with Gasteiger partial charge < -0.3 is 10.1 Å². The second-order valence-electron chi connectivity index (χ2n) is 4.72. The predicted molar refractivity (Wildman–Crippen MR) is 65.1 cm³/mol. The van der Waals surface area contributed by atoms with E-state index in [2.05, 4.69) is 11.9 Å². The highest BCUT2D eigenvalue weighted by Crippen LogP contribution is 2.22. The molecule has 15 heavy (non-hydrogen) atoms. The predicted octanol–water partition coefficient (Wildman–Crippen LogP) is 2.75. The van der Waals surface area contributed by atoms with Crippen LogP contribution in [-0.2, 0) is 4.74 Å². The van der Waals surface area contributed by atoms with Crippen LogP contribution in [-0.4, -0.2) is 26.3 Å². The van der Waals surface area contributed by atoms with Crippen LogP contribution in [0.3, 0.4) is 0 Å². The van der Waals surface area contributed by atoms with Gasteiger partial charge in [-0.25, -0.2) is 0 Å². The lowest BCUT2D eigenvalue weighted by molar-refractivity contribution is 0.156. The molecule has 0 spiro atoms. The Balaban J connectivity index is 1.85. The number of hydrogen-bond donors (Lipinski definition) is 1. The van der Waals surface area contributed by atoms with Crippen molar-refractivity contribution in [2.45, 2.75) is 39.0 Å². The summed E-state index contributed by atoms with van der Waals surface area (Å²) in [4.78, 5) is 0. The van der Waals surface area contributed by atoms with Gasteiger partial charge in [-0.15, -0.1) is 0 Å². The third kappa shape index (κ3) is 6.69. The van der Waals surface area contributed by atoms with Crippen molar-refractivity contribution < 1.29 is 4.74 Å². The molecule has 0 aliphatic heterocycles. The summed E-state index contributed by atoms with van der Waals surface area (Å²) in [6.45, 7) is 9.45. The summed E-state index contributed by atoms with van der Waals surface area (Å²) in [7, 11) is 0. The molecule has 1 saturated carbocycles. The lowest BCUT2D eigenvalue weighted by Gasteiger charge is -2.21. The van der Waals surface area contributed by atoms with Gasteiger partial charge in [0.15, 0.2) is 0 Å². The Morgan fingerprint density at radius 2 is 2.07 bits per heavy atom. The summed E-state index contributed by atoms with van der Waals surface area (Å²) in [6, 6.07) is 0. The number of nitrogens with one attached hydrogen (secondary N) is 1. The molecule has 0 aromatic carbocycles. The maximum atomic E-state index is 5.42. The highest BCUT2D eigenvalue weighted by molar-refractivity contribution is 4.87. The van der Waals surface area contributed by atoms with E-state index in [1.807, 2.05) is 6.92 Å². The smallest absolute Gasteiger partial charge is 0.0672 e. The van der Waals surface area contributed by atoms with E-state index in [4.69, 9.17) is 4.74 Å². The fraction of sp³-hybridized carbons (Fsp3) is 0.846. The molecule has 0 atom stereocenters. The van der Waals surface area contributed by atoms with Crippen molar-refractivity contribution in [3.63, 3.8) is 0 Å². The second kappa shape index (κ2) is 7.89. The van der Waals surface area contributed by atoms with Gasteiger partial charge in [0.25, 0.3) is 0 Å². The zero-order valence-electron chi connectivity index (χ0n) is 10.1. The van der Waals surface area contributed by atoms with Crippen molar-refractivity contribution in [1.29, 1.82) is 0 Å². The molecule has 2 heteroatoms. The first-order valence-corrected chi connectivity index (χ1v) is 6.22. The summed E-state index contributed by atoms with van der Waals surface area (Å²) < 4.78 is 5.42. The Kier molecular flexibility index (Phi) is 6.69. The fourth-order valence-electron chi connectivity index (χ4n) is 2.09. The van der Waals surface area contributed by atoms with Gasteiger partial charge >= 0.3 is 0 Å². The molecule has 0 heterocycles. The van der Waals surface area contributed by atoms with E-state index in [1.165, 1.54) is 38.6 Å². The molecule has 88 valence electrons. The lowest BCUT2D eigenvalue weighted by atomic mass is 9.89. The Labute approximate surface area is 94.1 Å². The average molecular weight is 211 g/mol. The number of hydrogen-bond acceptors (Lipinski definition) is 2. The zero-order chi connectivity index (χ0) is 10.9. The highest BCUT2D eigenvalue weighted by atomic mass is 16.5. The Hall–Kier alpha value is -0.340. The molecule has 0 saturated heterocycles. The van der Waals surface area contributed by atoms with Gasteiger partial charge in [0.05, 0.1) is 13.2 Å². The average Bonchev–Trinajstić information content (AvgIpc) is 2.24. The standard InChI is InChI=1S/C13H25NO/c1-12(2)11-15-9-8-14-10-13-6-4-3-5-7-13/h13-14H,1,3-11H2,2H3. The first-order valence-electron chi connectivity index (χ1n) is 6.22. The Morgan fingerprint density at radius 1 is 1.33 bits per heavy atom. The van der Waals surface area contributed by atoms with E-state index in [1.54, 1.807) is 0 Å². The van der Waals surface area contributed by atoms with Crippen LogP contribution < -0.4 is 5.32 Å². The second-order valence-corrected chi connectivity index (χ2v) is 4.72. The molecule has 0 aromatic rings. The van der Waals surface area contributed by atoms with Gasteiger partial charge in [-0.1, -0.05) is 31.4 Å². The van der Waals surface area contributed by atoms with Gasteiger partial charge in [-0.2, -0.15) is 0 Å². The minimum Gasteiger partial charge on any atom is -0.376 e. The van der Waals surface area contributed by atoms with Crippen molar-refractivity contribution in [1.82, 2.24) is 5.32 Å². The van der Waals surface area contributed by atoms with Crippen LogP contribution >= 0.6 is 0 Å². The molecule has 0 amide bonds. The minimum atomic E-state index is 0.700. The largest absolute Gasteiger partial charge is 0.376 e. The first kappa shape index (κ1) is 12.7. The van der Waals surface area contributed by atoms with Crippen molar-refractivity contribution in [3.8, 4) is 0 Å². The quantitative estimate of drug-likeness (QED) is 0.516. The molecule has 1 aliphatic carbocycles. The molecule has 2 nitrogen and oxygen atoms in total. The molecule has 1 fully saturated rings. The summed E-state index contributed by atoms with van der Waals surface area (Å²) in [6.07, 6.45) is 7.13. The Bertz CT molecular complexity index is 173. The topological polar surface area (TPSA) is 21.3 Å². The molecule has 0 aromatic heterocycles. The molecule has 1 rings (SSSR count). The highest BCUT2D eigenvalue weighted by Gasteiger charge is 2.11. The van der Waals surface area contributed by atoms with Gasteiger partial charge in [-0.3, -0.25) is 0 Å². The maximum Gasteiger partial charge on any atom is 0.0672 e. The Morgan fingerprint density at radius 3 is 2.73 bits per heavy atom. The van der Waals surface area contributed by atoms with Gasteiger partial charge in [-0.05, 0) is 32.2 Å². The SMILES string of the molecule is C=C(C)COCCNCC1CCCCC1. The van der Waals surface area contributed by atoms with Crippen molar-refractivity contribution in [2.75, 3.05) is 26.3 Å². The molecular formula is C13H25NO. The number of rotatable bonds is 7. The zero-order valence-corrected chi connectivity index (χ0v) is 10.1. The van der Waals surface area contributed by atoms with Crippen molar-refractivity contribution in [2.24, 2.45) is 5.92 Å². The van der Waals surface area contributed by atoms with Crippen LogP contribution in [0.15, 0.2) is 12.2 Å². The van der Waals surface area contributed by atoms with Crippen molar-refractivity contribution >= 4 is 0 Å². The number of ether oxygens (including phenoxy) is 1. The van der Waals surface area contributed by atoms with E-state index >= 15 is 0 Å². The molecule has 0 bridgehead atoms. The molecule has 1 N–H and O–H groups in total. The minimum absolute atomic E-state index is 0.700. The normalized spacial score (nSPS) is 17.9. The molecule has 1 aliphatic rings. The van der Waals surface area contributed by atoms with Crippen LogP contribution in [0.25, 0.3) is 0 Å². The van der Waals surface area contributed by atoms with Crippen LogP contribution in [0.2, 0.25) is 0 Å². The fourth-order valence-corrected chi connectivity index (χ4v) is 2.09. The summed E-state index contributed by atoms with van der Waals surface area (Å²) in [5.74, 6) is 0.917.